The van der Waals surface area contributed by atoms with Crippen LogP contribution < -0.4 is 0 Å². The highest BCUT2D eigenvalue weighted by Crippen LogP contribution is 2.27. The summed E-state index contributed by atoms with van der Waals surface area (Å²) in [6.45, 7) is 2.47. The van der Waals surface area contributed by atoms with Crippen LogP contribution in [0.3, 0.4) is 0 Å². The molecule has 1 saturated carbocycles. The van der Waals surface area contributed by atoms with Crippen LogP contribution in [0.4, 0.5) is 0 Å². The maximum Gasteiger partial charge on any atom is 0.108 e. The zero-order valence-electron chi connectivity index (χ0n) is 11.1. The van der Waals surface area contributed by atoms with E-state index in [1.165, 1.54) is 0 Å². The van der Waals surface area contributed by atoms with Crippen LogP contribution in [0.1, 0.15) is 38.5 Å². The minimum absolute atomic E-state index is 0.248. The molecular formula is C15H24O3. The molecule has 1 heterocycles. The van der Waals surface area contributed by atoms with Gasteiger partial charge in [-0.05, 0) is 44.4 Å². The Balaban J connectivity index is 1.60. The fourth-order valence-electron chi connectivity index (χ4n) is 2.68. The average molecular weight is 252 g/mol. The molecule has 1 atom stereocenters. The van der Waals surface area contributed by atoms with Crippen molar-refractivity contribution in [1.29, 1.82) is 0 Å². The second-order valence-corrected chi connectivity index (χ2v) is 5.37. The van der Waals surface area contributed by atoms with Gasteiger partial charge in [0.1, 0.15) is 6.61 Å². The molecule has 2 fully saturated rings. The first kappa shape index (κ1) is 13.9. The van der Waals surface area contributed by atoms with Crippen LogP contribution >= 0.6 is 0 Å². The van der Waals surface area contributed by atoms with Crippen LogP contribution in [0.25, 0.3) is 0 Å². The summed E-state index contributed by atoms with van der Waals surface area (Å²) in [6.07, 6.45) is 6.95. The molecule has 0 bridgehead atoms. The van der Waals surface area contributed by atoms with Crippen molar-refractivity contribution in [2.24, 2.45) is 11.8 Å². The molecule has 0 radical (unpaired) electrons. The van der Waals surface area contributed by atoms with Gasteiger partial charge in [0.05, 0.1) is 12.7 Å². The van der Waals surface area contributed by atoms with Crippen molar-refractivity contribution in [3.63, 3.8) is 0 Å². The van der Waals surface area contributed by atoms with Gasteiger partial charge in [0.2, 0.25) is 0 Å². The van der Waals surface area contributed by atoms with Crippen LogP contribution in [0.2, 0.25) is 0 Å². The molecule has 102 valence electrons. The van der Waals surface area contributed by atoms with Gasteiger partial charge in [-0.25, -0.2) is 0 Å². The first-order valence-electron chi connectivity index (χ1n) is 7.17. The third-order valence-corrected chi connectivity index (χ3v) is 3.92. The number of ether oxygens (including phenoxy) is 2. The van der Waals surface area contributed by atoms with E-state index in [2.05, 4.69) is 11.8 Å². The summed E-state index contributed by atoms with van der Waals surface area (Å²) in [4.78, 5) is 0. The predicted molar refractivity (Wildman–Crippen MR) is 70.1 cm³/mol. The van der Waals surface area contributed by atoms with E-state index >= 15 is 0 Å². The van der Waals surface area contributed by atoms with Gasteiger partial charge in [0.25, 0.3) is 0 Å². The van der Waals surface area contributed by atoms with E-state index in [1.54, 1.807) is 0 Å². The molecule has 1 N–H and O–H groups in total. The molecule has 2 rings (SSSR count). The van der Waals surface area contributed by atoms with Gasteiger partial charge in [-0.15, -0.1) is 0 Å². The number of rotatable bonds is 3. The Morgan fingerprint density at radius 3 is 2.67 bits per heavy atom. The lowest BCUT2D eigenvalue weighted by Crippen LogP contribution is -2.25. The fraction of sp³-hybridized carbons (Fsp3) is 0.867. The van der Waals surface area contributed by atoms with Crippen molar-refractivity contribution in [2.75, 3.05) is 26.4 Å². The van der Waals surface area contributed by atoms with Gasteiger partial charge < -0.3 is 14.6 Å². The highest BCUT2D eigenvalue weighted by atomic mass is 16.5. The lowest BCUT2D eigenvalue weighted by Gasteiger charge is -2.23. The molecule has 0 aromatic carbocycles. The zero-order chi connectivity index (χ0) is 12.6. The molecule has 1 saturated heterocycles. The molecule has 3 nitrogen and oxygen atoms in total. The molecule has 0 aromatic rings. The SMILES string of the molecule is OCC1CCC(C#CCOC2CCCOC2)CC1. The summed E-state index contributed by atoms with van der Waals surface area (Å²) >= 11 is 0. The maximum absolute atomic E-state index is 9.07. The van der Waals surface area contributed by atoms with E-state index in [0.29, 0.717) is 25.0 Å². The molecule has 1 aliphatic carbocycles. The van der Waals surface area contributed by atoms with E-state index in [9.17, 15) is 0 Å². The zero-order valence-corrected chi connectivity index (χ0v) is 11.1. The average Bonchev–Trinajstić information content (AvgIpc) is 2.45. The van der Waals surface area contributed by atoms with Crippen LogP contribution in [-0.2, 0) is 9.47 Å². The lowest BCUT2D eigenvalue weighted by molar-refractivity contribution is -0.0394. The van der Waals surface area contributed by atoms with Crippen LogP contribution in [0.15, 0.2) is 0 Å². The molecule has 1 aliphatic heterocycles. The first-order chi connectivity index (χ1) is 8.88. The first-order valence-corrected chi connectivity index (χ1v) is 7.17. The molecule has 3 heteroatoms. The normalized spacial score (nSPS) is 32.6. The number of aliphatic hydroxyl groups excluding tert-OH is 1. The van der Waals surface area contributed by atoms with Gasteiger partial charge in [0.15, 0.2) is 0 Å². The number of hydrogen-bond acceptors (Lipinski definition) is 3. The summed E-state index contributed by atoms with van der Waals surface area (Å²) < 4.78 is 11.0. The highest BCUT2D eigenvalue weighted by molar-refractivity contribution is 5.05. The third kappa shape index (κ3) is 4.61. The summed E-state index contributed by atoms with van der Waals surface area (Å²) in [5.74, 6) is 7.48. The van der Waals surface area contributed by atoms with Crippen LogP contribution in [0.5, 0.6) is 0 Å². The van der Waals surface area contributed by atoms with E-state index in [4.69, 9.17) is 14.6 Å². The third-order valence-electron chi connectivity index (χ3n) is 3.92. The van der Waals surface area contributed by atoms with Crippen molar-refractivity contribution in [2.45, 2.75) is 44.6 Å². The summed E-state index contributed by atoms with van der Waals surface area (Å²) in [6, 6.07) is 0. The fourth-order valence-corrected chi connectivity index (χ4v) is 2.68. The monoisotopic (exact) mass is 252 g/mol. The summed E-state index contributed by atoms with van der Waals surface area (Å²) in [5.41, 5.74) is 0. The Kier molecular flexibility index (Phi) is 5.99. The van der Waals surface area contributed by atoms with Gasteiger partial charge in [0, 0.05) is 19.1 Å². The van der Waals surface area contributed by atoms with Gasteiger partial charge >= 0.3 is 0 Å². The van der Waals surface area contributed by atoms with Crippen molar-refractivity contribution in [3.05, 3.63) is 0 Å². The van der Waals surface area contributed by atoms with Gasteiger partial charge in [-0.1, -0.05) is 11.8 Å². The Labute approximate surface area is 110 Å². The molecule has 2 aliphatic rings. The standard InChI is InChI=1S/C15H24O3/c16-11-14-7-5-13(6-8-14)3-1-10-18-15-4-2-9-17-12-15/h13-16H,2,4-12H2. The maximum atomic E-state index is 9.07. The Morgan fingerprint density at radius 1 is 1.17 bits per heavy atom. The number of aliphatic hydroxyl groups is 1. The molecule has 0 amide bonds. The van der Waals surface area contributed by atoms with E-state index in [1.807, 2.05) is 0 Å². The predicted octanol–water partition coefficient (Wildman–Crippen LogP) is 1.98. The Morgan fingerprint density at radius 2 is 2.00 bits per heavy atom. The second kappa shape index (κ2) is 7.78. The van der Waals surface area contributed by atoms with E-state index in [-0.39, 0.29) is 6.10 Å². The van der Waals surface area contributed by atoms with Crippen molar-refractivity contribution >= 4 is 0 Å². The topological polar surface area (TPSA) is 38.7 Å². The Hall–Kier alpha value is -0.560. The quantitative estimate of drug-likeness (QED) is 0.781. The minimum atomic E-state index is 0.248. The summed E-state index contributed by atoms with van der Waals surface area (Å²) in [7, 11) is 0. The van der Waals surface area contributed by atoms with Crippen molar-refractivity contribution in [3.8, 4) is 11.8 Å². The molecular weight excluding hydrogens is 228 g/mol. The second-order valence-electron chi connectivity index (χ2n) is 5.37. The van der Waals surface area contributed by atoms with E-state index < -0.39 is 0 Å². The van der Waals surface area contributed by atoms with Crippen LogP contribution in [0, 0.1) is 23.7 Å². The molecule has 18 heavy (non-hydrogen) atoms. The van der Waals surface area contributed by atoms with Gasteiger partial charge in [-0.3, -0.25) is 0 Å². The highest BCUT2D eigenvalue weighted by Gasteiger charge is 2.18. The summed E-state index contributed by atoms with van der Waals surface area (Å²) in [5, 5.41) is 9.07. The molecule has 0 aromatic heterocycles. The van der Waals surface area contributed by atoms with Gasteiger partial charge in [-0.2, -0.15) is 0 Å². The number of hydrogen-bond donors (Lipinski definition) is 1. The van der Waals surface area contributed by atoms with Crippen molar-refractivity contribution in [1.82, 2.24) is 0 Å². The molecule has 1 unspecified atom stereocenters. The molecule has 0 spiro atoms. The van der Waals surface area contributed by atoms with E-state index in [0.717, 1.165) is 51.7 Å². The van der Waals surface area contributed by atoms with Crippen LogP contribution in [-0.4, -0.2) is 37.6 Å². The largest absolute Gasteiger partial charge is 0.396 e. The smallest absolute Gasteiger partial charge is 0.108 e. The van der Waals surface area contributed by atoms with Crippen molar-refractivity contribution < 1.29 is 14.6 Å². The Bertz CT molecular complexity index is 278. The minimum Gasteiger partial charge on any atom is -0.396 e. The lowest BCUT2D eigenvalue weighted by atomic mass is 9.83.